The Bertz CT molecular complexity index is 299. The van der Waals surface area contributed by atoms with Gasteiger partial charge in [0.05, 0.1) is 0 Å². The molecule has 0 heterocycles. The minimum atomic E-state index is -4.89. The van der Waals surface area contributed by atoms with Crippen LogP contribution in [-0.4, -0.2) is 30.6 Å². The molecule has 4 nitrogen and oxygen atoms in total. The first-order valence-corrected chi connectivity index (χ1v) is 6.04. The molecule has 0 aliphatic heterocycles. The number of nitrogens with one attached hydrogen (secondary N) is 2. The van der Waals surface area contributed by atoms with E-state index < -0.39 is 12.1 Å². The molecule has 1 aliphatic carbocycles. The van der Waals surface area contributed by atoms with Crippen molar-refractivity contribution in [2.24, 2.45) is 0 Å². The van der Waals surface area contributed by atoms with Crippen LogP contribution in [0.25, 0.3) is 0 Å². The molecule has 0 unspecified atom stereocenters. The van der Waals surface area contributed by atoms with Gasteiger partial charge in [0, 0.05) is 19.0 Å². The highest BCUT2D eigenvalue weighted by molar-refractivity contribution is 5.82. The van der Waals surface area contributed by atoms with E-state index in [1.54, 1.807) is 5.32 Å². The van der Waals surface area contributed by atoms with Gasteiger partial charge in [-0.05, 0) is 12.8 Å². The molecule has 2 amide bonds. The summed E-state index contributed by atoms with van der Waals surface area (Å²) in [6.07, 6.45) is 0.110. The van der Waals surface area contributed by atoms with Crippen LogP contribution >= 0.6 is 0 Å². The van der Waals surface area contributed by atoms with E-state index >= 15 is 0 Å². The van der Waals surface area contributed by atoms with Gasteiger partial charge in [0.15, 0.2) is 0 Å². The van der Waals surface area contributed by atoms with Crippen LogP contribution in [0.4, 0.5) is 13.2 Å². The first-order valence-electron chi connectivity index (χ1n) is 6.04. The summed E-state index contributed by atoms with van der Waals surface area (Å²) in [7, 11) is 0. The Kier molecular flexibility index (Phi) is 5.43. The second-order valence-electron chi connectivity index (χ2n) is 4.41. The molecule has 18 heavy (non-hydrogen) atoms. The fourth-order valence-electron chi connectivity index (χ4n) is 1.94. The molecule has 0 bridgehead atoms. The van der Waals surface area contributed by atoms with E-state index in [1.165, 1.54) is 0 Å². The van der Waals surface area contributed by atoms with Crippen LogP contribution in [0.2, 0.25) is 0 Å². The molecule has 0 radical (unpaired) electrons. The highest BCUT2D eigenvalue weighted by Crippen LogP contribution is 2.17. The maximum absolute atomic E-state index is 11.8. The van der Waals surface area contributed by atoms with Crippen LogP contribution in [0.3, 0.4) is 0 Å². The lowest BCUT2D eigenvalue weighted by Gasteiger charge is -2.22. The van der Waals surface area contributed by atoms with E-state index in [9.17, 15) is 22.8 Å². The predicted molar refractivity (Wildman–Crippen MR) is 58.7 cm³/mol. The summed E-state index contributed by atoms with van der Waals surface area (Å²) in [5.74, 6) is -2.32. The monoisotopic (exact) mass is 266 g/mol. The third-order valence-corrected chi connectivity index (χ3v) is 2.87. The maximum Gasteiger partial charge on any atom is 0.471 e. The van der Waals surface area contributed by atoms with Crippen LogP contribution in [0.5, 0.6) is 0 Å². The van der Waals surface area contributed by atoms with Crippen LogP contribution in [0, 0.1) is 0 Å². The fourth-order valence-corrected chi connectivity index (χ4v) is 1.94. The van der Waals surface area contributed by atoms with E-state index in [4.69, 9.17) is 0 Å². The van der Waals surface area contributed by atoms with Gasteiger partial charge in [-0.2, -0.15) is 13.2 Å². The largest absolute Gasteiger partial charge is 0.471 e. The quantitative estimate of drug-likeness (QED) is 0.810. The minimum Gasteiger partial charge on any atom is -0.353 e. The van der Waals surface area contributed by atoms with E-state index in [0.29, 0.717) is 0 Å². The number of halogens is 3. The number of amides is 2. The lowest BCUT2D eigenvalue weighted by molar-refractivity contribution is -0.173. The van der Waals surface area contributed by atoms with Gasteiger partial charge in [-0.3, -0.25) is 9.59 Å². The number of carbonyl (C=O) groups is 2. The van der Waals surface area contributed by atoms with E-state index in [1.807, 2.05) is 0 Å². The molecule has 2 N–H and O–H groups in total. The van der Waals surface area contributed by atoms with Crippen LogP contribution in [0.1, 0.15) is 38.5 Å². The van der Waals surface area contributed by atoms with Gasteiger partial charge in [0.2, 0.25) is 5.91 Å². The van der Waals surface area contributed by atoms with Crippen molar-refractivity contribution in [3.8, 4) is 0 Å². The fraction of sp³-hybridized carbons (Fsp3) is 0.818. The lowest BCUT2D eigenvalue weighted by atomic mass is 9.95. The lowest BCUT2D eigenvalue weighted by Crippen LogP contribution is -2.41. The maximum atomic E-state index is 11.8. The van der Waals surface area contributed by atoms with Gasteiger partial charge < -0.3 is 10.6 Å². The van der Waals surface area contributed by atoms with Crippen molar-refractivity contribution < 1.29 is 22.8 Å². The van der Waals surface area contributed by atoms with E-state index in [-0.39, 0.29) is 24.9 Å². The average Bonchev–Trinajstić information content (AvgIpc) is 2.28. The summed E-state index contributed by atoms with van der Waals surface area (Å²) in [6.45, 7) is -0.295. The van der Waals surface area contributed by atoms with Crippen molar-refractivity contribution in [2.75, 3.05) is 6.54 Å². The van der Waals surface area contributed by atoms with Crippen LogP contribution in [0.15, 0.2) is 0 Å². The van der Waals surface area contributed by atoms with Gasteiger partial charge in [-0.25, -0.2) is 0 Å². The first kappa shape index (κ1) is 14.8. The van der Waals surface area contributed by atoms with Gasteiger partial charge in [-0.15, -0.1) is 0 Å². The van der Waals surface area contributed by atoms with Crippen molar-refractivity contribution >= 4 is 11.8 Å². The molecule has 0 aromatic rings. The molecule has 0 aromatic carbocycles. The molecule has 7 heteroatoms. The number of alkyl halides is 3. The van der Waals surface area contributed by atoms with Crippen molar-refractivity contribution in [1.29, 1.82) is 0 Å². The Morgan fingerprint density at radius 3 is 2.28 bits per heavy atom. The molecular formula is C11H17F3N2O2. The SMILES string of the molecule is O=C(CCNC(=O)C(F)(F)F)NC1CCCCC1. The minimum absolute atomic E-state index is 0.127. The molecule has 104 valence electrons. The summed E-state index contributed by atoms with van der Waals surface area (Å²) >= 11 is 0. The Hall–Kier alpha value is -1.27. The molecule has 1 aliphatic rings. The summed E-state index contributed by atoms with van der Waals surface area (Å²) in [5, 5.41) is 4.43. The zero-order chi connectivity index (χ0) is 13.6. The zero-order valence-electron chi connectivity index (χ0n) is 9.98. The number of hydrogen-bond donors (Lipinski definition) is 2. The molecule has 1 rings (SSSR count). The normalized spacial score (nSPS) is 17.3. The van der Waals surface area contributed by atoms with Crippen molar-refractivity contribution in [3.63, 3.8) is 0 Å². The smallest absolute Gasteiger partial charge is 0.353 e. The molecular weight excluding hydrogens is 249 g/mol. The van der Waals surface area contributed by atoms with Gasteiger partial charge in [0.25, 0.3) is 0 Å². The van der Waals surface area contributed by atoms with Crippen molar-refractivity contribution in [3.05, 3.63) is 0 Å². The van der Waals surface area contributed by atoms with Crippen LogP contribution < -0.4 is 10.6 Å². The Morgan fingerprint density at radius 1 is 1.11 bits per heavy atom. The average molecular weight is 266 g/mol. The van der Waals surface area contributed by atoms with Gasteiger partial charge in [0.1, 0.15) is 0 Å². The summed E-state index contributed by atoms with van der Waals surface area (Å²) in [5.41, 5.74) is 0. The highest BCUT2D eigenvalue weighted by Gasteiger charge is 2.38. The van der Waals surface area contributed by atoms with Gasteiger partial charge in [-0.1, -0.05) is 19.3 Å². The molecule has 0 aromatic heterocycles. The Labute approximate surface area is 103 Å². The first-order chi connectivity index (χ1) is 8.39. The van der Waals surface area contributed by atoms with Crippen LogP contribution in [-0.2, 0) is 9.59 Å². The highest BCUT2D eigenvalue weighted by atomic mass is 19.4. The van der Waals surface area contributed by atoms with Crippen molar-refractivity contribution in [2.45, 2.75) is 50.7 Å². The molecule has 1 fully saturated rings. The molecule has 0 atom stereocenters. The van der Waals surface area contributed by atoms with Gasteiger partial charge >= 0.3 is 12.1 Å². The number of rotatable bonds is 4. The second-order valence-corrected chi connectivity index (χ2v) is 4.41. The standard InChI is InChI=1S/C11H17F3N2O2/c12-11(13,14)10(18)15-7-6-9(17)16-8-4-2-1-3-5-8/h8H,1-7H2,(H,15,18)(H,16,17). The Balaban J connectivity index is 2.15. The topological polar surface area (TPSA) is 58.2 Å². The summed E-state index contributed by atoms with van der Waals surface area (Å²) < 4.78 is 35.5. The predicted octanol–water partition coefficient (Wildman–Crippen LogP) is 1.50. The van der Waals surface area contributed by atoms with E-state index in [2.05, 4.69) is 5.32 Å². The van der Waals surface area contributed by atoms with Crippen molar-refractivity contribution in [1.82, 2.24) is 10.6 Å². The number of hydrogen-bond acceptors (Lipinski definition) is 2. The second kappa shape index (κ2) is 6.61. The molecule has 0 saturated heterocycles. The van der Waals surface area contributed by atoms with E-state index in [0.717, 1.165) is 32.1 Å². The molecule has 0 spiro atoms. The third kappa shape index (κ3) is 5.37. The summed E-state index contributed by atoms with van der Waals surface area (Å²) in [4.78, 5) is 21.9. The third-order valence-electron chi connectivity index (χ3n) is 2.87. The Morgan fingerprint density at radius 2 is 1.72 bits per heavy atom. The zero-order valence-corrected chi connectivity index (χ0v) is 9.98. The molecule has 1 saturated carbocycles. The number of carbonyl (C=O) groups excluding carboxylic acids is 2. The summed E-state index contributed by atoms with van der Waals surface area (Å²) in [6, 6.07) is 0.129.